The first-order chi connectivity index (χ1) is 10.0. The third kappa shape index (κ3) is 3.90. The highest BCUT2D eigenvalue weighted by Crippen LogP contribution is 2.36. The average molecular weight is 292 g/mol. The molecule has 0 aromatic carbocycles. The molecule has 2 rings (SSSR count). The molecule has 21 heavy (non-hydrogen) atoms. The molecule has 1 fully saturated rings. The summed E-state index contributed by atoms with van der Waals surface area (Å²) < 4.78 is 0. The minimum Gasteiger partial charge on any atom is -0.370 e. The average Bonchev–Trinajstić information content (AvgIpc) is 3.29. The molecule has 1 amide bonds. The van der Waals surface area contributed by atoms with E-state index in [0.29, 0.717) is 30.7 Å². The highest BCUT2D eigenvalue weighted by atomic mass is 16.6. The first-order valence-electron chi connectivity index (χ1n) is 7.19. The van der Waals surface area contributed by atoms with Crippen molar-refractivity contribution < 1.29 is 9.72 Å². The number of nitro groups is 1. The first-order valence-corrected chi connectivity index (χ1v) is 7.19. The van der Waals surface area contributed by atoms with Crippen LogP contribution < -0.4 is 10.6 Å². The van der Waals surface area contributed by atoms with E-state index >= 15 is 0 Å². The fourth-order valence-electron chi connectivity index (χ4n) is 2.22. The Morgan fingerprint density at radius 1 is 1.57 bits per heavy atom. The maximum Gasteiger partial charge on any atom is 0.288 e. The minimum absolute atomic E-state index is 0.183. The van der Waals surface area contributed by atoms with Gasteiger partial charge in [0, 0.05) is 19.2 Å². The van der Waals surface area contributed by atoms with Crippen LogP contribution in [0.4, 0.5) is 11.5 Å². The number of hydrogen-bond acceptors (Lipinski definition) is 5. The zero-order chi connectivity index (χ0) is 15.4. The Morgan fingerprint density at radius 2 is 2.29 bits per heavy atom. The van der Waals surface area contributed by atoms with Gasteiger partial charge in [0.25, 0.3) is 11.6 Å². The van der Waals surface area contributed by atoms with E-state index in [1.165, 1.54) is 18.9 Å². The van der Waals surface area contributed by atoms with Crippen molar-refractivity contribution in [3.63, 3.8) is 0 Å². The maximum absolute atomic E-state index is 12.2. The topological polar surface area (TPSA) is 97.2 Å². The molecule has 7 heteroatoms. The second kappa shape index (κ2) is 6.51. The maximum atomic E-state index is 12.2. The summed E-state index contributed by atoms with van der Waals surface area (Å²) in [6.07, 6.45) is 3.59. The fraction of sp³-hybridized carbons (Fsp3) is 0.571. The van der Waals surface area contributed by atoms with Crippen LogP contribution in [0.2, 0.25) is 0 Å². The lowest BCUT2D eigenvalue weighted by atomic mass is 10.1. The molecule has 1 aliphatic rings. The lowest BCUT2D eigenvalue weighted by Gasteiger charge is -2.13. The zero-order valence-corrected chi connectivity index (χ0v) is 12.3. The van der Waals surface area contributed by atoms with E-state index in [1.807, 2.05) is 6.92 Å². The number of carbonyl (C=O) groups excluding carboxylic acids is 1. The quantitative estimate of drug-likeness (QED) is 0.593. The van der Waals surface area contributed by atoms with E-state index in [1.54, 1.807) is 0 Å². The number of amides is 1. The summed E-state index contributed by atoms with van der Waals surface area (Å²) in [5.74, 6) is 1.18. The molecule has 1 aromatic rings. The second-order valence-electron chi connectivity index (χ2n) is 5.40. The van der Waals surface area contributed by atoms with Gasteiger partial charge in [-0.05, 0) is 31.6 Å². The van der Waals surface area contributed by atoms with Crippen LogP contribution in [0.25, 0.3) is 0 Å². The standard InChI is InChI=1S/C14H20N4O3/c1-3-15-13-12(6-11(8-16-13)18(20)21)14(19)17-7-9(2)10-4-5-10/h6,8-10H,3-5,7H2,1-2H3,(H,15,16)(H,17,19). The van der Waals surface area contributed by atoms with E-state index < -0.39 is 4.92 Å². The van der Waals surface area contributed by atoms with Gasteiger partial charge in [-0.15, -0.1) is 0 Å². The number of aromatic nitrogens is 1. The molecule has 1 saturated carbocycles. The van der Waals surface area contributed by atoms with E-state index in [-0.39, 0.29) is 17.2 Å². The lowest BCUT2D eigenvalue weighted by Crippen LogP contribution is -2.30. The van der Waals surface area contributed by atoms with Gasteiger partial charge in [-0.3, -0.25) is 14.9 Å². The molecule has 0 spiro atoms. The molecule has 1 heterocycles. The summed E-state index contributed by atoms with van der Waals surface area (Å²) in [6.45, 7) is 5.15. The number of pyridine rings is 1. The summed E-state index contributed by atoms with van der Waals surface area (Å²) in [7, 11) is 0. The molecule has 1 aliphatic carbocycles. The smallest absolute Gasteiger partial charge is 0.288 e. The Labute approximate surface area is 123 Å². The van der Waals surface area contributed by atoms with Gasteiger partial charge in [-0.25, -0.2) is 4.98 Å². The largest absolute Gasteiger partial charge is 0.370 e. The van der Waals surface area contributed by atoms with Gasteiger partial charge in [-0.2, -0.15) is 0 Å². The molecule has 0 saturated heterocycles. The number of carbonyl (C=O) groups is 1. The van der Waals surface area contributed by atoms with Crippen molar-refractivity contribution in [2.45, 2.75) is 26.7 Å². The predicted molar refractivity (Wildman–Crippen MR) is 79.3 cm³/mol. The van der Waals surface area contributed by atoms with E-state index in [2.05, 4.69) is 22.5 Å². The van der Waals surface area contributed by atoms with Crippen LogP contribution in [-0.2, 0) is 0 Å². The van der Waals surface area contributed by atoms with Crippen molar-refractivity contribution >= 4 is 17.4 Å². The van der Waals surface area contributed by atoms with Crippen molar-refractivity contribution in [3.05, 3.63) is 27.9 Å². The normalized spacial score (nSPS) is 15.3. The number of hydrogen-bond donors (Lipinski definition) is 2. The SMILES string of the molecule is CCNc1ncc([N+](=O)[O-])cc1C(=O)NCC(C)C1CC1. The van der Waals surface area contributed by atoms with Crippen molar-refractivity contribution in [3.8, 4) is 0 Å². The van der Waals surface area contributed by atoms with Crippen LogP contribution in [0.3, 0.4) is 0 Å². The Bertz CT molecular complexity index is 543. The van der Waals surface area contributed by atoms with Crippen LogP contribution in [0, 0.1) is 22.0 Å². The first kappa shape index (κ1) is 15.2. The van der Waals surface area contributed by atoms with Crippen LogP contribution in [0.15, 0.2) is 12.3 Å². The van der Waals surface area contributed by atoms with Gasteiger partial charge in [0.1, 0.15) is 12.0 Å². The molecule has 1 unspecified atom stereocenters. The zero-order valence-electron chi connectivity index (χ0n) is 12.3. The summed E-state index contributed by atoms with van der Waals surface area (Å²) in [5.41, 5.74) is 0.0334. The summed E-state index contributed by atoms with van der Waals surface area (Å²) in [4.78, 5) is 26.5. The second-order valence-corrected chi connectivity index (χ2v) is 5.40. The van der Waals surface area contributed by atoms with Gasteiger partial charge in [0.15, 0.2) is 0 Å². The Balaban J connectivity index is 2.11. The van der Waals surface area contributed by atoms with Crippen LogP contribution >= 0.6 is 0 Å². The molecule has 0 bridgehead atoms. The van der Waals surface area contributed by atoms with Gasteiger partial charge >= 0.3 is 0 Å². The molecule has 2 N–H and O–H groups in total. The van der Waals surface area contributed by atoms with Crippen molar-refractivity contribution in [1.29, 1.82) is 0 Å². The predicted octanol–water partition coefficient (Wildman–Crippen LogP) is 2.20. The molecule has 1 aromatic heterocycles. The van der Waals surface area contributed by atoms with Crippen molar-refractivity contribution in [2.24, 2.45) is 11.8 Å². The number of anilines is 1. The fourth-order valence-corrected chi connectivity index (χ4v) is 2.22. The third-order valence-corrected chi connectivity index (χ3v) is 3.68. The Kier molecular flexibility index (Phi) is 4.72. The van der Waals surface area contributed by atoms with E-state index in [9.17, 15) is 14.9 Å². The van der Waals surface area contributed by atoms with Crippen LogP contribution in [0.5, 0.6) is 0 Å². The third-order valence-electron chi connectivity index (χ3n) is 3.68. The van der Waals surface area contributed by atoms with Crippen LogP contribution in [0.1, 0.15) is 37.0 Å². The summed E-state index contributed by atoms with van der Waals surface area (Å²) in [6, 6.07) is 1.27. The molecule has 0 radical (unpaired) electrons. The van der Waals surface area contributed by atoms with E-state index in [0.717, 1.165) is 6.20 Å². The number of rotatable bonds is 7. The van der Waals surface area contributed by atoms with E-state index in [4.69, 9.17) is 0 Å². The molecule has 1 atom stereocenters. The Hall–Kier alpha value is -2.18. The Morgan fingerprint density at radius 3 is 2.86 bits per heavy atom. The summed E-state index contributed by atoms with van der Waals surface area (Å²) >= 11 is 0. The van der Waals surface area contributed by atoms with Gasteiger partial charge in [0.05, 0.1) is 10.5 Å². The minimum atomic E-state index is -0.549. The highest BCUT2D eigenvalue weighted by Gasteiger charge is 2.28. The van der Waals surface area contributed by atoms with Gasteiger partial charge in [0.2, 0.25) is 0 Å². The van der Waals surface area contributed by atoms with Crippen molar-refractivity contribution in [2.75, 3.05) is 18.4 Å². The van der Waals surface area contributed by atoms with Crippen LogP contribution in [-0.4, -0.2) is 28.9 Å². The lowest BCUT2D eigenvalue weighted by molar-refractivity contribution is -0.385. The van der Waals surface area contributed by atoms with Crippen molar-refractivity contribution in [1.82, 2.24) is 10.3 Å². The van der Waals surface area contributed by atoms with Gasteiger partial charge in [-0.1, -0.05) is 6.92 Å². The summed E-state index contributed by atoms with van der Waals surface area (Å²) in [5, 5.41) is 16.6. The number of nitrogens with zero attached hydrogens (tertiary/aromatic N) is 2. The molecular weight excluding hydrogens is 272 g/mol. The monoisotopic (exact) mass is 292 g/mol. The number of nitrogens with one attached hydrogen (secondary N) is 2. The molecule has 0 aliphatic heterocycles. The molecule has 7 nitrogen and oxygen atoms in total. The molecular formula is C14H20N4O3. The van der Waals surface area contributed by atoms with Gasteiger partial charge < -0.3 is 10.6 Å². The molecule has 114 valence electrons. The highest BCUT2D eigenvalue weighted by molar-refractivity contribution is 5.99.